The average Bonchev–Trinajstić information content (AvgIpc) is 2.81. The van der Waals surface area contributed by atoms with Crippen LogP contribution in [0.4, 0.5) is 0 Å². The zero-order chi connectivity index (χ0) is 22.0. The number of methoxy groups -OCH3 is 1. The topological polar surface area (TPSA) is 121 Å². The van der Waals surface area contributed by atoms with Crippen molar-refractivity contribution < 1.29 is 14.3 Å². The summed E-state index contributed by atoms with van der Waals surface area (Å²) in [4.78, 5) is 29.7. The summed E-state index contributed by atoms with van der Waals surface area (Å²) in [5.74, 6) is -0.361. The van der Waals surface area contributed by atoms with E-state index in [9.17, 15) is 14.9 Å². The number of rotatable bonds is 4. The second-order valence-corrected chi connectivity index (χ2v) is 7.27. The maximum absolute atomic E-state index is 13.0. The molecule has 1 unspecified atom stereocenters. The third-order valence-corrected chi connectivity index (χ3v) is 5.50. The van der Waals surface area contributed by atoms with Gasteiger partial charge in [0.15, 0.2) is 5.78 Å². The Morgan fingerprint density at radius 2 is 2.06 bits per heavy atom. The third-order valence-electron chi connectivity index (χ3n) is 5.50. The van der Waals surface area contributed by atoms with Gasteiger partial charge in [-0.25, -0.2) is 5.01 Å². The lowest BCUT2D eigenvalue weighted by molar-refractivity contribution is -0.116. The number of ketones is 1. The summed E-state index contributed by atoms with van der Waals surface area (Å²) < 4.78 is 5.32. The summed E-state index contributed by atoms with van der Waals surface area (Å²) in [6.45, 7) is 0. The van der Waals surface area contributed by atoms with Gasteiger partial charge in [-0.15, -0.1) is 0 Å². The van der Waals surface area contributed by atoms with Crippen molar-refractivity contribution in [3.05, 3.63) is 82.6 Å². The second-order valence-electron chi connectivity index (χ2n) is 7.27. The molecule has 0 saturated heterocycles. The number of ether oxygens (including phenoxy) is 1. The molecule has 8 nitrogen and oxygen atoms in total. The van der Waals surface area contributed by atoms with Crippen molar-refractivity contribution in [2.24, 2.45) is 5.73 Å². The van der Waals surface area contributed by atoms with E-state index in [-0.39, 0.29) is 17.2 Å². The maximum atomic E-state index is 13.0. The summed E-state index contributed by atoms with van der Waals surface area (Å²) in [6.07, 6.45) is 4.60. The number of pyridine rings is 1. The Labute approximate surface area is 179 Å². The highest BCUT2D eigenvalue weighted by Crippen LogP contribution is 2.44. The van der Waals surface area contributed by atoms with Gasteiger partial charge in [-0.2, -0.15) is 5.26 Å². The van der Waals surface area contributed by atoms with Crippen LogP contribution < -0.4 is 15.9 Å². The minimum Gasteiger partial charge on any atom is -0.497 e. The van der Waals surface area contributed by atoms with Gasteiger partial charge in [0, 0.05) is 35.6 Å². The summed E-state index contributed by atoms with van der Waals surface area (Å²) in [7, 11) is 1.56. The molecule has 0 fully saturated rings. The maximum Gasteiger partial charge on any atom is 0.270 e. The van der Waals surface area contributed by atoms with Crippen molar-refractivity contribution in [3.8, 4) is 11.8 Å². The first kappa shape index (κ1) is 20.2. The lowest BCUT2D eigenvalue weighted by atomic mass is 9.76. The molecule has 4 rings (SSSR count). The lowest BCUT2D eigenvalue weighted by Crippen LogP contribution is -2.48. The highest BCUT2D eigenvalue weighted by atomic mass is 16.5. The van der Waals surface area contributed by atoms with Crippen LogP contribution in [0.3, 0.4) is 0 Å². The lowest BCUT2D eigenvalue weighted by Gasteiger charge is -2.39. The molecule has 2 aliphatic rings. The van der Waals surface area contributed by atoms with E-state index in [1.807, 2.05) is 12.1 Å². The highest BCUT2D eigenvalue weighted by molar-refractivity contribution is 6.00. The molecule has 1 aromatic heterocycles. The number of amides is 1. The van der Waals surface area contributed by atoms with Gasteiger partial charge >= 0.3 is 0 Å². The molecule has 3 N–H and O–H groups in total. The van der Waals surface area contributed by atoms with Gasteiger partial charge in [-0.05, 0) is 42.7 Å². The number of nitrogens with two attached hydrogens (primary N) is 1. The van der Waals surface area contributed by atoms with Gasteiger partial charge in [0.25, 0.3) is 5.91 Å². The molecule has 1 atom stereocenters. The van der Waals surface area contributed by atoms with E-state index in [1.165, 1.54) is 17.4 Å². The molecule has 1 aliphatic carbocycles. The number of Topliss-reactive ketones (excluding diaryl/α,β-unsaturated/α-hetero) is 1. The molecule has 0 bridgehead atoms. The quantitative estimate of drug-likeness (QED) is 0.787. The average molecular weight is 415 g/mol. The van der Waals surface area contributed by atoms with Gasteiger partial charge in [0.05, 0.1) is 24.7 Å². The Balaban J connectivity index is 1.82. The highest BCUT2D eigenvalue weighted by Gasteiger charge is 2.40. The van der Waals surface area contributed by atoms with Crippen LogP contribution in [-0.4, -0.2) is 28.8 Å². The molecule has 156 valence electrons. The summed E-state index contributed by atoms with van der Waals surface area (Å²) >= 11 is 0. The van der Waals surface area contributed by atoms with E-state index >= 15 is 0 Å². The zero-order valence-electron chi connectivity index (χ0n) is 17.0. The Morgan fingerprint density at radius 1 is 1.29 bits per heavy atom. The molecule has 0 radical (unpaired) electrons. The molecule has 31 heavy (non-hydrogen) atoms. The summed E-state index contributed by atoms with van der Waals surface area (Å²) in [6, 6.07) is 12.6. The van der Waals surface area contributed by atoms with Gasteiger partial charge in [0.2, 0.25) is 0 Å². The van der Waals surface area contributed by atoms with E-state index in [2.05, 4.69) is 16.5 Å². The fraction of sp³-hybridized carbons (Fsp3) is 0.217. The fourth-order valence-electron chi connectivity index (χ4n) is 4.04. The van der Waals surface area contributed by atoms with Crippen LogP contribution in [0.25, 0.3) is 0 Å². The molecule has 2 heterocycles. The predicted octanol–water partition coefficient (Wildman–Crippen LogP) is 2.54. The second kappa shape index (κ2) is 8.32. The number of nitrogens with one attached hydrogen (secondary N) is 1. The number of nitriles is 1. The Bertz CT molecular complexity index is 1150. The first-order valence-corrected chi connectivity index (χ1v) is 9.86. The van der Waals surface area contributed by atoms with Gasteiger partial charge in [-0.3, -0.25) is 20.0 Å². The monoisotopic (exact) mass is 415 g/mol. The van der Waals surface area contributed by atoms with Crippen LogP contribution in [0.1, 0.15) is 41.1 Å². The predicted molar refractivity (Wildman–Crippen MR) is 112 cm³/mol. The Kier molecular flexibility index (Phi) is 5.41. The van der Waals surface area contributed by atoms with E-state index in [0.717, 1.165) is 5.56 Å². The molecule has 0 saturated carbocycles. The molecule has 1 amide bonds. The van der Waals surface area contributed by atoms with Crippen LogP contribution in [0.5, 0.6) is 5.75 Å². The van der Waals surface area contributed by atoms with Crippen molar-refractivity contribution >= 4 is 11.7 Å². The van der Waals surface area contributed by atoms with Crippen molar-refractivity contribution in [3.63, 3.8) is 0 Å². The number of carbonyl (C=O) groups is 2. The number of benzene rings is 1. The van der Waals surface area contributed by atoms with Crippen LogP contribution in [-0.2, 0) is 4.79 Å². The SMILES string of the molecule is COc1cccc(C2C(C#N)=C(N)N(NC(=O)c3ccncc3)C3=C2C(=O)CCC3)c1. The van der Waals surface area contributed by atoms with Gasteiger partial charge < -0.3 is 10.5 Å². The Morgan fingerprint density at radius 3 is 2.77 bits per heavy atom. The molecule has 1 aliphatic heterocycles. The minimum atomic E-state index is -0.614. The molecule has 1 aromatic carbocycles. The number of hydrazine groups is 1. The summed E-state index contributed by atoms with van der Waals surface area (Å²) in [5, 5.41) is 11.4. The van der Waals surface area contributed by atoms with Crippen molar-refractivity contribution in [2.75, 3.05) is 7.11 Å². The number of carbonyl (C=O) groups excluding carboxylic acids is 2. The Hall–Kier alpha value is -4.12. The number of hydrogen-bond acceptors (Lipinski definition) is 7. The minimum absolute atomic E-state index is 0.0579. The molecular weight excluding hydrogens is 394 g/mol. The van der Waals surface area contributed by atoms with E-state index in [1.54, 1.807) is 31.4 Å². The largest absolute Gasteiger partial charge is 0.497 e. The van der Waals surface area contributed by atoms with Crippen LogP contribution in [0, 0.1) is 11.3 Å². The van der Waals surface area contributed by atoms with Crippen molar-refractivity contribution in [1.29, 1.82) is 5.26 Å². The number of allylic oxidation sites excluding steroid dienone is 3. The van der Waals surface area contributed by atoms with Crippen LogP contribution in [0.2, 0.25) is 0 Å². The standard InChI is InChI=1S/C23H21N5O3/c1-31-16-5-2-4-15(12-16)20-17(13-24)22(25)28(18-6-3-7-19(29)21(18)20)27-23(30)14-8-10-26-11-9-14/h2,4-5,8-12,20H,3,6-7,25H2,1H3,(H,27,30). The molecule has 8 heteroatoms. The van der Waals surface area contributed by atoms with Crippen LogP contribution >= 0.6 is 0 Å². The number of hydrogen-bond donors (Lipinski definition) is 2. The molecule has 0 spiro atoms. The fourth-order valence-corrected chi connectivity index (χ4v) is 4.04. The summed E-state index contributed by atoms with van der Waals surface area (Å²) in [5.41, 5.74) is 11.6. The first-order chi connectivity index (χ1) is 15.0. The normalized spacial score (nSPS) is 18.4. The smallest absolute Gasteiger partial charge is 0.270 e. The van der Waals surface area contributed by atoms with Gasteiger partial charge in [-0.1, -0.05) is 12.1 Å². The van der Waals surface area contributed by atoms with Crippen molar-refractivity contribution in [2.45, 2.75) is 25.2 Å². The van der Waals surface area contributed by atoms with E-state index in [0.29, 0.717) is 41.8 Å². The van der Waals surface area contributed by atoms with Crippen LogP contribution in [0.15, 0.2) is 71.5 Å². The van der Waals surface area contributed by atoms with E-state index < -0.39 is 11.8 Å². The zero-order valence-corrected chi connectivity index (χ0v) is 17.0. The van der Waals surface area contributed by atoms with E-state index in [4.69, 9.17) is 10.5 Å². The van der Waals surface area contributed by atoms with Crippen molar-refractivity contribution in [1.82, 2.24) is 15.4 Å². The number of aromatic nitrogens is 1. The molecular formula is C23H21N5O3. The molecule has 2 aromatic rings. The third kappa shape index (κ3) is 3.62. The van der Waals surface area contributed by atoms with Gasteiger partial charge in [0.1, 0.15) is 11.6 Å². The first-order valence-electron chi connectivity index (χ1n) is 9.86. The number of nitrogens with zero attached hydrogens (tertiary/aromatic N) is 3.